The second-order valence-corrected chi connectivity index (χ2v) is 7.91. The van der Waals surface area contributed by atoms with Crippen molar-refractivity contribution in [3.8, 4) is 0 Å². The second-order valence-electron chi connectivity index (χ2n) is 4.77. The van der Waals surface area contributed by atoms with Gasteiger partial charge in [0.1, 0.15) is 4.21 Å². The Bertz CT molecular complexity index is 558. The predicted molar refractivity (Wildman–Crippen MR) is 73.1 cm³/mol. The van der Waals surface area contributed by atoms with Crippen molar-refractivity contribution in [3.63, 3.8) is 0 Å². The van der Waals surface area contributed by atoms with Crippen LogP contribution in [0.1, 0.15) is 42.5 Å². The van der Waals surface area contributed by atoms with Gasteiger partial charge in [-0.15, -0.1) is 11.3 Å². The van der Waals surface area contributed by atoms with Crippen LogP contribution in [0.5, 0.6) is 0 Å². The Kier molecular flexibility index (Phi) is 4.27. The Morgan fingerprint density at radius 3 is 2.53 bits per heavy atom. The van der Waals surface area contributed by atoms with E-state index in [-0.39, 0.29) is 15.8 Å². The van der Waals surface area contributed by atoms with Crippen molar-refractivity contribution in [1.82, 2.24) is 4.31 Å². The SMILES string of the molecule is CN(C1CCCCC1)S(=O)(=O)c1cc(C(=O)O)cs1. The molecule has 0 unspecified atom stereocenters. The van der Waals surface area contributed by atoms with E-state index in [4.69, 9.17) is 5.11 Å². The van der Waals surface area contributed by atoms with Gasteiger partial charge in [-0.25, -0.2) is 13.2 Å². The van der Waals surface area contributed by atoms with Crippen LogP contribution in [0.15, 0.2) is 15.7 Å². The first-order valence-corrected chi connectivity index (χ1v) is 8.55. The first kappa shape index (κ1) is 14.5. The molecule has 0 radical (unpaired) electrons. The first-order valence-electron chi connectivity index (χ1n) is 6.23. The largest absolute Gasteiger partial charge is 0.478 e. The summed E-state index contributed by atoms with van der Waals surface area (Å²) in [6.07, 6.45) is 5.02. The maximum absolute atomic E-state index is 12.4. The summed E-state index contributed by atoms with van der Waals surface area (Å²) in [5.74, 6) is -1.10. The Hall–Kier alpha value is -0.920. The van der Waals surface area contributed by atoms with E-state index in [1.807, 2.05) is 0 Å². The summed E-state index contributed by atoms with van der Waals surface area (Å²) in [5, 5.41) is 10.2. The minimum absolute atomic E-state index is 0.0284. The lowest BCUT2D eigenvalue weighted by Crippen LogP contribution is -2.37. The van der Waals surface area contributed by atoms with Gasteiger partial charge in [-0.3, -0.25) is 0 Å². The highest BCUT2D eigenvalue weighted by Gasteiger charge is 2.30. The maximum atomic E-state index is 12.4. The van der Waals surface area contributed by atoms with E-state index in [0.717, 1.165) is 43.4 Å². The normalized spacial score (nSPS) is 17.8. The zero-order valence-electron chi connectivity index (χ0n) is 10.7. The van der Waals surface area contributed by atoms with Gasteiger partial charge in [-0.2, -0.15) is 4.31 Å². The van der Waals surface area contributed by atoms with Crippen molar-refractivity contribution in [1.29, 1.82) is 0 Å². The lowest BCUT2D eigenvalue weighted by molar-refractivity contribution is 0.0697. The van der Waals surface area contributed by atoms with E-state index in [9.17, 15) is 13.2 Å². The van der Waals surface area contributed by atoms with Crippen molar-refractivity contribution in [2.45, 2.75) is 42.4 Å². The highest BCUT2D eigenvalue weighted by molar-refractivity contribution is 7.91. The van der Waals surface area contributed by atoms with E-state index < -0.39 is 16.0 Å². The Labute approximate surface area is 116 Å². The molecule has 5 nitrogen and oxygen atoms in total. The molecule has 0 spiro atoms. The van der Waals surface area contributed by atoms with Crippen molar-refractivity contribution in [3.05, 3.63) is 17.0 Å². The van der Waals surface area contributed by atoms with Crippen molar-refractivity contribution < 1.29 is 18.3 Å². The van der Waals surface area contributed by atoms with Crippen LogP contribution in [0.25, 0.3) is 0 Å². The van der Waals surface area contributed by atoms with Crippen LogP contribution >= 0.6 is 11.3 Å². The maximum Gasteiger partial charge on any atom is 0.336 e. The Morgan fingerprint density at radius 2 is 2.00 bits per heavy atom. The van der Waals surface area contributed by atoms with Crippen LogP contribution in [-0.4, -0.2) is 36.9 Å². The van der Waals surface area contributed by atoms with E-state index in [1.54, 1.807) is 7.05 Å². The molecule has 0 bridgehead atoms. The molecular formula is C12H17NO4S2. The number of carboxylic acid groups (broad SMARTS) is 1. The number of rotatable bonds is 4. The highest BCUT2D eigenvalue weighted by Crippen LogP contribution is 2.29. The zero-order valence-corrected chi connectivity index (χ0v) is 12.3. The molecule has 0 atom stereocenters. The predicted octanol–water partition coefficient (Wildman–Crippen LogP) is 2.40. The smallest absolute Gasteiger partial charge is 0.336 e. The third-order valence-corrected chi connectivity index (χ3v) is 6.87. The summed E-state index contributed by atoms with van der Waals surface area (Å²) in [5.41, 5.74) is 0.0284. The Balaban J connectivity index is 2.22. The van der Waals surface area contributed by atoms with Crippen LogP contribution in [0.3, 0.4) is 0 Å². The van der Waals surface area contributed by atoms with Crippen molar-refractivity contribution in [2.24, 2.45) is 0 Å². The first-order chi connectivity index (χ1) is 8.93. The second kappa shape index (κ2) is 5.60. The van der Waals surface area contributed by atoms with Crippen molar-refractivity contribution in [2.75, 3.05) is 7.05 Å². The monoisotopic (exact) mass is 303 g/mol. The summed E-state index contributed by atoms with van der Waals surface area (Å²) in [4.78, 5) is 10.8. The summed E-state index contributed by atoms with van der Waals surface area (Å²) >= 11 is 0.967. The zero-order chi connectivity index (χ0) is 14.0. The standard InChI is InChI=1S/C12H17NO4S2/c1-13(10-5-3-2-4-6-10)19(16,17)11-7-9(8-18-11)12(14)15/h7-8,10H,2-6H2,1H3,(H,14,15). The van der Waals surface area contributed by atoms with Gasteiger partial charge >= 0.3 is 5.97 Å². The van der Waals surface area contributed by atoms with Crippen LogP contribution in [-0.2, 0) is 10.0 Å². The number of thiophene rings is 1. The van der Waals surface area contributed by atoms with E-state index in [1.165, 1.54) is 15.8 Å². The molecule has 1 saturated carbocycles. The molecule has 0 amide bonds. The molecule has 1 aliphatic rings. The van der Waals surface area contributed by atoms with E-state index in [2.05, 4.69) is 0 Å². The molecule has 0 aromatic carbocycles. The van der Waals surface area contributed by atoms with Crippen LogP contribution in [0, 0.1) is 0 Å². The molecule has 1 aromatic rings. The van der Waals surface area contributed by atoms with Gasteiger partial charge in [-0.1, -0.05) is 19.3 Å². The molecule has 1 N–H and O–H groups in total. The molecule has 0 aliphatic heterocycles. The topological polar surface area (TPSA) is 74.7 Å². The molecule has 2 rings (SSSR count). The van der Waals surface area contributed by atoms with Crippen molar-refractivity contribution >= 4 is 27.3 Å². The summed E-state index contributed by atoms with van der Waals surface area (Å²) in [6.45, 7) is 0. The average molecular weight is 303 g/mol. The molecule has 19 heavy (non-hydrogen) atoms. The summed E-state index contributed by atoms with van der Waals surface area (Å²) < 4.78 is 26.3. The third kappa shape index (κ3) is 2.98. The number of carboxylic acids is 1. The van der Waals surface area contributed by atoms with Gasteiger partial charge in [-0.05, 0) is 18.9 Å². The van der Waals surface area contributed by atoms with Crippen LogP contribution in [0.2, 0.25) is 0 Å². The minimum Gasteiger partial charge on any atom is -0.478 e. The summed E-state index contributed by atoms with van der Waals surface area (Å²) in [6, 6.07) is 1.27. The molecule has 0 saturated heterocycles. The fourth-order valence-corrected chi connectivity index (χ4v) is 5.10. The number of sulfonamides is 1. The number of hydrogen-bond donors (Lipinski definition) is 1. The minimum atomic E-state index is -3.56. The van der Waals surface area contributed by atoms with Gasteiger partial charge in [0.05, 0.1) is 5.56 Å². The lowest BCUT2D eigenvalue weighted by atomic mass is 9.96. The van der Waals surface area contributed by atoms with Gasteiger partial charge in [0, 0.05) is 18.5 Å². The van der Waals surface area contributed by atoms with E-state index >= 15 is 0 Å². The molecular weight excluding hydrogens is 286 g/mol. The van der Waals surface area contributed by atoms with Gasteiger partial charge in [0.15, 0.2) is 0 Å². The highest BCUT2D eigenvalue weighted by atomic mass is 32.2. The average Bonchev–Trinajstić information content (AvgIpc) is 2.89. The number of hydrogen-bond acceptors (Lipinski definition) is 4. The number of carbonyl (C=O) groups is 1. The van der Waals surface area contributed by atoms with E-state index in [0.29, 0.717) is 0 Å². The molecule has 1 aromatic heterocycles. The molecule has 1 fully saturated rings. The summed E-state index contributed by atoms with van der Waals surface area (Å²) in [7, 11) is -1.97. The van der Waals surface area contributed by atoms with Gasteiger partial charge in [0.2, 0.25) is 0 Å². The lowest BCUT2D eigenvalue weighted by Gasteiger charge is -2.29. The Morgan fingerprint density at radius 1 is 1.37 bits per heavy atom. The van der Waals surface area contributed by atoms with Gasteiger partial charge in [0.25, 0.3) is 10.0 Å². The molecule has 1 heterocycles. The van der Waals surface area contributed by atoms with Crippen LogP contribution < -0.4 is 0 Å². The fraction of sp³-hybridized carbons (Fsp3) is 0.583. The molecule has 106 valence electrons. The number of aromatic carboxylic acids is 1. The molecule has 7 heteroatoms. The number of nitrogens with zero attached hydrogens (tertiary/aromatic N) is 1. The van der Waals surface area contributed by atoms with Crippen LogP contribution in [0.4, 0.5) is 0 Å². The van der Waals surface area contributed by atoms with Gasteiger partial charge < -0.3 is 5.11 Å². The molecule has 1 aliphatic carbocycles. The third-order valence-electron chi connectivity index (χ3n) is 3.54. The fourth-order valence-electron chi connectivity index (χ4n) is 2.35. The quantitative estimate of drug-likeness (QED) is 0.927.